The van der Waals surface area contributed by atoms with E-state index in [1.165, 1.54) is 0 Å². The van der Waals surface area contributed by atoms with Crippen LogP contribution in [0.4, 0.5) is 0 Å². The molecule has 1 rings (SSSR count). The zero-order chi connectivity index (χ0) is 15.2. The van der Waals surface area contributed by atoms with Crippen molar-refractivity contribution < 1.29 is 17.9 Å². The lowest BCUT2D eigenvalue weighted by Crippen LogP contribution is -2.47. The van der Waals surface area contributed by atoms with Crippen molar-refractivity contribution in [3.8, 4) is 0 Å². The van der Waals surface area contributed by atoms with E-state index in [-0.39, 0.29) is 29.4 Å². The van der Waals surface area contributed by atoms with Gasteiger partial charge in [0.2, 0.25) is 5.91 Å². The number of hydrogen-bond acceptors (Lipinski definition) is 5. The Labute approximate surface area is 121 Å². The number of ether oxygens (including phenoxy) is 1. The van der Waals surface area contributed by atoms with Gasteiger partial charge in [-0.25, -0.2) is 8.42 Å². The summed E-state index contributed by atoms with van der Waals surface area (Å²) in [5.41, 5.74) is 5.68. The van der Waals surface area contributed by atoms with Crippen LogP contribution in [0.25, 0.3) is 0 Å². The van der Waals surface area contributed by atoms with Crippen LogP contribution < -0.4 is 5.73 Å². The summed E-state index contributed by atoms with van der Waals surface area (Å²) in [5.74, 6) is -0.0323. The Bertz CT molecular complexity index is 411. The predicted molar refractivity (Wildman–Crippen MR) is 78.1 cm³/mol. The van der Waals surface area contributed by atoms with Gasteiger partial charge in [0.25, 0.3) is 0 Å². The molecule has 1 aliphatic rings. The number of amides is 1. The minimum absolute atomic E-state index is 0.0338. The van der Waals surface area contributed by atoms with E-state index in [9.17, 15) is 13.2 Å². The van der Waals surface area contributed by atoms with Crippen molar-refractivity contribution in [2.24, 2.45) is 11.7 Å². The highest BCUT2D eigenvalue weighted by atomic mass is 32.2. The summed E-state index contributed by atoms with van der Waals surface area (Å²) in [5, 5.41) is 0. The van der Waals surface area contributed by atoms with Crippen molar-refractivity contribution in [2.45, 2.75) is 32.2 Å². The van der Waals surface area contributed by atoms with Crippen molar-refractivity contribution in [1.29, 1.82) is 0 Å². The first-order chi connectivity index (χ1) is 9.45. The van der Waals surface area contributed by atoms with Crippen LogP contribution in [0.3, 0.4) is 0 Å². The van der Waals surface area contributed by atoms with Crippen molar-refractivity contribution >= 4 is 15.7 Å². The highest BCUT2D eigenvalue weighted by molar-refractivity contribution is 7.91. The summed E-state index contributed by atoms with van der Waals surface area (Å²) in [6, 6.07) is -0.228. The first-order valence-electron chi connectivity index (χ1n) is 7.15. The van der Waals surface area contributed by atoms with Gasteiger partial charge in [-0.2, -0.15) is 0 Å². The Morgan fingerprint density at radius 3 is 2.65 bits per heavy atom. The van der Waals surface area contributed by atoms with Gasteiger partial charge in [-0.15, -0.1) is 0 Å². The van der Waals surface area contributed by atoms with E-state index in [1.807, 2.05) is 6.92 Å². The fourth-order valence-electron chi connectivity index (χ4n) is 2.61. The number of hydrogen-bond donors (Lipinski definition) is 1. The second kappa shape index (κ2) is 7.95. The molecule has 20 heavy (non-hydrogen) atoms. The maximum atomic E-state index is 12.6. The second-order valence-corrected chi connectivity index (χ2v) is 7.53. The first kappa shape index (κ1) is 17.4. The van der Waals surface area contributed by atoms with Crippen LogP contribution in [0.15, 0.2) is 0 Å². The molecular formula is C13H26N2O4S. The van der Waals surface area contributed by atoms with Crippen LogP contribution >= 0.6 is 0 Å². The van der Waals surface area contributed by atoms with Crippen LogP contribution in [-0.2, 0) is 19.4 Å². The molecule has 1 saturated heterocycles. The topological polar surface area (TPSA) is 89.7 Å². The van der Waals surface area contributed by atoms with Gasteiger partial charge < -0.3 is 15.4 Å². The third-order valence-electron chi connectivity index (χ3n) is 3.74. The number of nitrogens with zero attached hydrogens (tertiary/aromatic N) is 1. The third-order valence-corrected chi connectivity index (χ3v) is 5.49. The number of carbonyl (C=O) groups excluding carboxylic acids is 1. The minimum Gasteiger partial charge on any atom is -0.383 e. The number of carbonyl (C=O) groups is 1. The van der Waals surface area contributed by atoms with Gasteiger partial charge in [-0.05, 0) is 12.8 Å². The lowest BCUT2D eigenvalue weighted by Gasteiger charge is -2.31. The van der Waals surface area contributed by atoms with Crippen molar-refractivity contribution in [2.75, 3.05) is 38.3 Å². The van der Waals surface area contributed by atoms with Gasteiger partial charge in [-0.3, -0.25) is 4.79 Å². The molecule has 0 aromatic rings. The minimum atomic E-state index is -3.01. The molecule has 0 aromatic heterocycles. The molecule has 0 aliphatic carbocycles. The standard InChI is InChI=1S/C13H26N2O4S/c1-3-4-11(9-14)13(16)15(6-7-19-2)12-5-8-20(17,18)10-12/h11-12H,3-10,14H2,1-2H3. The Morgan fingerprint density at radius 2 is 2.20 bits per heavy atom. The SMILES string of the molecule is CCCC(CN)C(=O)N(CCOC)C1CCS(=O)(=O)C1. The van der Waals surface area contributed by atoms with Crippen molar-refractivity contribution in [1.82, 2.24) is 4.90 Å². The zero-order valence-corrected chi connectivity index (χ0v) is 13.2. The van der Waals surface area contributed by atoms with Crippen LogP contribution in [0.5, 0.6) is 0 Å². The fourth-order valence-corrected chi connectivity index (χ4v) is 4.34. The molecular weight excluding hydrogens is 280 g/mol. The molecule has 7 heteroatoms. The number of sulfone groups is 1. The monoisotopic (exact) mass is 306 g/mol. The molecule has 2 unspecified atom stereocenters. The van der Waals surface area contributed by atoms with Crippen LogP contribution in [0, 0.1) is 5.92 Å². The number of nitrogens with two attached hydrogens (primary N) is 1. The molecule has 1 amide bonds. The van der Waals surface area contributed by atoms with Crippen LogP contribution in [-0.4, -0.2) is 63.6 Å². The smallest absolute Gasteiger partial charge is 0.227 e. The first-order valence-corrected chi connectivity index (χ1v) is 8.97. The number of rotatable bonds is 8. The maximum absolute atomic E-state index is 12.6. The molecule has 0 spiro atoms. The van der Waals surface area contributed by atoms with E-state index in [4.69, 9.17) is 10.5 Å². The lowest BCUT2D eigenvalue weighted by molar-refractivity contribution is -0.138. The zero-order valence-electron chi connectivity index (χ0n) is 12.4. The normalized spacial score (nSPS) is 22.6. The molecule has 1 aliphatic heterocycles. The van der Waals surface area contributed by atoms with E-state index >= 15 is 0 Å². The van der Waals surface area contributed by atoms with E-state index in [0.29, 0.717) is 26.1 Å². The van der Waals surface area contributed by atoms with Crippen LogP contribution in [0.2, 0.25) is 0 Å². The molecule has 1 fully saturated rings. The third kappa shape index (κ3) is 4.71. The second-order valence-electron chi connectivity index (χ2n) is 5.30. The van der Waals surface area contributed by atoms with Crippen molar-refractivity contribution in [3.05, 3.63) is 0 Å². The summed E-state index contributed by atoms with van der Waals surface area (Å²) < 4.78 is 28.3. The molecule has 0 bridgehead atoms. The Balaban J connectivity index is 2.80. The molecule has 1 heterocycles. The van der Waals surface area contributed by atoms with E-state index < -0.39 is 9.84 Å². The maximum Gasteiger partial charge on any atom is 0.227 e. The average Bonchev–Trinajstić information content (AvgIpc) is 2.76. The highest BCUT2D eigenvalue weighted by Crippen LogP contribution is 2.21. The Kier molecular flexibility index (Phi) is 6.91. The predicted octanol–water partition coefficient (Wildman–Crippen LogP) is 0.0235. The molecule has 2 atom stereocenters. The summed E-state index contributed by atoms with van der Waals surface area (Å²) in [7, 11) is -1.44. The Morgan fingerprint density at radius 1 is 1.50 bits per heavy atom. The largest absolute Gasteiger partial charge is 0.383 e. The lowest BCUT2D eigenvalue weighted by atomic mass is 10.0. The fraction of sp³-hybridized carbons (Fsp3) is 0.923. The van der Waals surface area contributed by atoms with Gasteiger partial charge in [0, 0.05) is 26.2 Å². The van der Waals surface area contributed by atoms with Crippen molar-refractivity contribution in [3.63, 3.8) is 0 Å². The Hall–Kier alpha value is -0.660. The average molecular weight is 306 g/mol. The summed E-state index contributed by atoms with van der Waals surface area (Å²) in [4.78, 5) is 14.2. The molecule has 6 nitrogen and oxygen atoms in total. The molecule has 0 radical (unpaired) electrons. The quantitative estimate of drug-likeness (QED) is 0.683. The van der Waals surface area contributed by atoms with E-state index in [2.05, 4.69) is 0 Å². The van der Waals surface area contributed by atoms with Gasteiger partial charge >= 0.3 is 0 Å². The van der Waals surface area contributed by atoms with Gasteiger partial charge in [0.1, 0.15) is 0 Å². The van der Waals surface area contributed by atoms with E-state index in [0.717, 1.165) is 12.8 Å². The van der Waals surface area contributed by atoms with Gasteiger partial charge in [-0.1, -0.05) is 13.3 Å². The number of methoxy groups -OCH3 is 1. The molecule has 0 aromatic carbocycles. The van der Waals surface area contributed by atoms with Gasteiger partial charge in [0.15, 0.2) is 9.84 Å². The molecule has 0 saturated carbocycles. The van der Waals surface area contributed by atoms with E-state index in [1.54, 1.807) is 12.0 Å². The summed E-state index contributed by atoms with van der Waals surface area (Å²) in [6.45, 7) is 3.15. The summed E-state index contributed by atoms with van der Waals surface area (Å²) >= 11 is 0. The highest BCUT2D eigenvalue weighted by Gasteiger charge is 2.36. The molecule has 2 N–H and O–H groups in total. The van der Waals surface area contributed by atoms with Crippen LogP contribution in [0.1, 0.15) is 26.2 Å². The molecule has 118 valence electrons. The van der Waals surface area contributed by atoms with Gasteiger partial charge in [0.05, 0.1) is 24.0 Å². The summed E-state index contributed by atoms with van der Waals surface area (Å²) in [6.07, 6.45) is 2.13.